The number of carbonyl (C=O) groups excluding carboxylic acids is 1. The highest BCUT2D eigenvalue weighted by atomic mass is 16.5. The Morgan fingerprint density at radius 1 is 1.38 bits per heavy atom. The fourth-order valence-corrected chi connectivity index (χ4v) is 1.76. The van der Waals surface area contributed by atoms with Gasteiger partial charge >= 0.3 is 5.97 Å². The van der Waals surface area contributed by atoms with Crippen molar-refractivity contribution in [2.45, 2.75) is 6.92 Å². The molecule has 16 heavy (non-hydrogen) atoms. The molecule has 0 unspecified atom stereocenters. The highest BCUT2D eigenvalue weighted by molar-refractivity contribution is 5.72. The topological polar surface area (TPSA) is 29.5 Å². The minimum atomic E-state index is -0.175. The summed E-state index contributed by atoms with van der Waals surface area (Å²) in [5, 5.41) is 2.38. The lowest BCUT2D eigenvalue weighted by atomic mass is 10.2. The molecule has 1 aromatic rings. The quantitative estimate of drug-likeness (QED) is 0.672. The van der Waals surface area contributed by atoms with E-state index in [1.165, 1.54) is 5.22 Å². The molecule has 1 heterocycles. The van der Waals surface area contributed by atoms with Crippen molar-refractivity contribution >= 4 is 18.2 Å². The first-order valence-corrected chi connectivity index (χ1v) is 5.46. The maximum Gasteiger partial charge on any atom is 0.325 e. The highest BCUT2D eigenvalue weighted by Crippen LogP contribution is 1.94. The van der Waals surface area contributed by atoms with Crippen molar-refractivity contribution in [1.29, 1.82) is 0 Å². The van der Waals surface area contributed by atoms with Crippen molar-refractivity contribution in [1.82, 2.24) is 4.90 Å². The summed E-state index contributed by atoms with van der Waals surface area (Å²) < 4.78 is 4.92. The Morgan fingerprint density at radius 2 is 2.12 bits per heavy atom. The van der Waals surface area contributed by atoms with Crippen molar-refractivity contribution in [2.24, 2.45) is 0 Å². The molecule has 0 aliphatic carbocycles. The SMILES string of the molecule is CCOC(=O)CN1C=c2ccccc2=CC1. The largest absolute Gasteiger partial charge is 0.465 e. The lowest BCUT2D eigenvalue weighted by molar-refractivity contribution is -0.143. The number of benzene rings is 1. The number of ether oxygens (including phenoxy) is 1. The van der Waals surface area contributed by atoms with Crippen molar-refractivity contribution < 1.29 is 9.53 Å². The van der Waals surface area contributed by atoms with Gasteiger partial charge in [0.2, 0.25) is 0 Å². The lowest BCUT2D eigenvalue weighted by Gasteiger charge is -2.19. The number of hydrogen-bond acceptors (Lipinski definition) is 3. The van der Waals surface area contributed by atoms with E-state index in [-0.39, 0.29) is 5.97 Å². The Labute approximate surface area is 94.6 Å². The minimum Gasteiger partial charge on any atom is -0.465 e. The second kappa shape index (κ2) is 4.84. The van der Waals surface area contributed by atoms with Crippen LogP contribution in [0, 0.1) is 0 Å². The molecule has 3 nitrogen and oxygen atoms in total. The van der Waals surface area contributed by atoms with Crippen LogP contribution in [0.4, 0.5) is 0 Å². The van der Waals surface area contributed by atoms with Crippen LogP contribution in [0.2, 0.25) is 0 Å². The molecular weight excluding hydrogens is 202 g/mol. The molecule has 0 saturated carbocycles. The van der Waals surface area contributed by atoms with E-state index in [9.17, 15) is 4.79 Å². The van der Waals surface area contributed by atoms with Gasteiger partial charge in [-0.3, -0.25) is 4.79 Å². The van der Waals surface area contributed by atoms with Crippen LogP contribution in [0.15, 0.2) is 24.3 Å². The van der Waals surface area contributed by atoms with Gasteiger partial charge in [-0.1, -0.05) is 30.3 Å². The number of carbonyl (C=O) groups is 1. The Hall–Kier alpha value is -1.77. The highest BCUT2D eigenvalue weighted by Gasteiger charge is 2.08. The van der Waals surface area contributed by atoms with Gasteiger partial charge in [0.25, 0.3) is 0 Å². The molecule has 84 valence electrons. The third-order valence-corrected chi connectivity index (χ3v) is 2.50. The van der Waals surface area contributed by atoms with Crippen LogP contribution in [0.5, 0.6) is 0 Å². The Morgan fingerprint density at radius 3 is 2.88 bits per heavy atom. The summed E-state index contributed by atoms with van der Waals surface area (Å²) in [5.74, 6) is -0.175. The number of nitrogens with zero attached hydrogens (tertiary/aromatic N) is 1. The van der Waals surface area contributed by atoms with Crippen molar-refractivity contribution in [3.8, 4) is 0 Å². The van der Waals surface area contributed by atoms with Gasteiger partial charge in [-0.2, -0.15) is 0 Å². The maximum absolute atomic E-state index is 11.3. The number of rotatable bonds is 3. The molecule has 1 aromatic carbocycles. The summed E-state index contributed by atoms with van der Waals surface area (Å²) >= 11 is 0. The average Bonchev–Trinajstić information content (AvgIpc) is 2.29. The van der Waals surface area contributed by atoms with Crippen molar-refractivity contribution in [3.05, 3.63) is 34.7 Å². The van der Waals surface area contributed by atoms with Crippen LogP contribution in [-0.4, -0.2) is 30.6 Å². The third-order valence-electron chi connectivity index (χ3n) is 2.50. The second-order valence-electron chi connectivity index (χ2n) is 3.70. The first-order chi connectivity index (χ1) is 7.79. The Balaban J connectivity index is 2.12. The van der Waals surface area contributed by atoms with Gasteiger partial charge in [0, 0.05) is 12.7 Å². The van der Waals surface area contributed by atoms with E-state index in [0.717, 1.165) is 11.8 Å². The zero-order valence-electron chi connectivity index (χ0n) is 9.35. The summed E-state index contributed by atoms with van der Waals surface area (Å²) in [7, 11) is 0. The van der Waals surface area contributed by atoms with Gasteiger partial charge in [0.1, 0.15) is 6.54 Å². The van der Waals surface area contributed by atoms with Crippen LogP contribution in [0.25, 0.3) is 12.3 Å². The van der Waals surface area contributed by atoms with Gasteiger partial charge in [0.15, 0.2) is 0 Å². The van der Waals surface area contributed by atoms with Crippen LogP contribution in [0.1, 0.15) is 6.92 Å². The van der Waals surface area contributed by atoms with Gasteiger partial charge in [-0.25, -0.2) is 0 Å². The molecule has 0 atom stereocenters. The number of hydrogen-bond donors (Lipinski definition) is 0. The maximum atomic E-state index is 11.3. The summed E-state index contributed by atoms with van der Waals surface area (Å²) in [6.45, 7) is 3.33. The molecule has 0 bridgehead atoms. The molecule has 1 aliphatic heterocycles. The fourth-order valence-electron chi connectivity index (χ4n) is 1.76. The van der Waals surface area contributed by atoms with E-state index < -0.39 is 0 Å². The number of fused-ring (bicyclic) bond motifs is 1. The summed E-state index contributed by atoms with van der Waals surface area (Å²) in [5.41, 5.74) is 0. The van der Waals surface area contributed by atoms with Crippen LogP contribution < -0.4 is 10.4 Å². The first-order valence-electron chi connectivity index (χ1n) is 5.46. The molecule has 0 amide bonds. The van der Waals surface area contributed by atoms with E-state index in [1.54, 1.807) is 0 Å². The van der Waals surface area contributed by atoms with Crippen molar-refractivity contribution in [3.63, 3.8) is 0 Å². The van der Waals surface area contributed by atoms with E-state index in [0.29, 0.717) is 13.2 Å². The van der Waals surface area contributed by atoms with Gasteiger partial charge < -0.3 is 9.64 Å². The summed E-state index contributed by atoms with van der Waals surface area (Å²) in [6.07, 6.45) is 4.13. The zero-order chi connectivity index (χ0) is 11.4. The van der Waals surface area contributed by atoms with Gasteiger partial charge in [-0.15, -0.1) is 0 Å². The molecule has 3 heteroatoms. The summed E-state index contributed by atoms with van der Waals surface area (Å²) in [4.78, 5) is 13.3. The molecule has 0 radical (unpaired) electrons. The smallest absolute Gasteiger partial charge is 0.325 e. The standard InChI is InChI=1S/C13H15NO2/c1-2-16-13(15)10-14-8-7-11-5-3-4-6-12(11)9-14/h3-7,9H,2,8,10H2,1H3. The van der Waals surface area contributed by atoms with E-state index in [1.807, 2.05) is 36.2 Å². The minimum absolute atomic E-state index is 0.175. The van der Waals surface area contributed by atoms with Crippen LogP contribution in [-0.2, 0) is 9.53 Å². The molecule has 0 spiro atoms. The van der Waals surface area contributed by atoms with Crippen LogP contribution in [0.3, 0.4) is 0 Å². The van der Waals surface area contributed by atoms with Crippen LogP contribution >= 0.6 is 0 Å². The third kappa shape index (κ3) is 2.42. The molecule has 0 aromatic heterocycles. The molecule has 0 fully saturated rings. The van der Waals surface area contributed by atoms with Gasteiger partial charge in [-0.05, 0) is 17.4 Å². The first kappa shape index (κ1) is 10.7. The Kier molecular flexibility index (Phi) is 3.25. The molecule has 1 aliphatic rings. The number of esters is 1. The molecule has 2 rings (SSSR count). The molecular formula is C13H15NO2. The predicted octanol–water partition coefficient (Wildman–Crippen LogP) is 0.0838. The lowest BCUT2D eigenvalue weighted by Crippen LogP contribution is -2.37. The predicted molar refractivity (Wildman–Crippen MR) is 62.8 cm³/mol. The normalized spacial score (nSPS) is 13.4. The van der Waals surface area contributed by atoms with Gasteiger partial charge in [0.05, 0.1) is 6.61 Å². The average molecular weight is 217 g/mol. The van der Waals surface area contributed by atoms with E-state index in [2.05, 4.69) is 12.1 Å². The second-order valence-corrected chi connectivity index (χ2v) is 3.70. The zero-order valence-corrected chi connectivity index (χ0v) is 9.35. The van der Waals surface area contributed by atoms with Crippen molar-refractivity contribution in [2.75, 3.05) is 19.7 Å². The monoisotopic (exact) mass is 217 g/mol. The van der Waals surface area contributed by atoms with E-state index >= 15 is 0 Å². The molecule has 0 saturated heterocycles. The molecule has 0 N–H and O–H groups in total. The Bertz CT molecular complexity index is 493. The fraction of sp³-hybridized carbons (Fsp3) is 0.308. The van der Waals surface area contributed by atoms with E-state index in [4.69, 9.17) is 4.74 Å². The summed E-state index contributed by atoms with van der Waals surface area (Å²) in [6, 6.07) is 8.14.